The topological polar surface area (TPSA) is 82.5 Å². The van der Waals surface area contributed by atoms with Gasteiger partial charge in [-0.1, -0.05) is 30.0 Å². The van der Waals surface area contributed by atoms with Crippen molar-refractivity contribution in [2.24, 2.45) is 0 Å². The van der Waals surface area contributed by atoms with Crippen molar-refractivity contribution in [3.05, 3.63) is 82.4 Å². The summed E-state index contributed by atoms with van der Waals surface area (Å²) in [7, 11) is 0. The van der Waals surface area contributed by atoms with E-state index in [2.05, 4.69) is 10.3 Å². The van der Waals surface area contributed by atoms with Gasteiger partial charge in [-0.05, 0) is 48.9 Å². The number of carbonyl (C=O) groups excluding carboxylic acids is 1. The highest BCUT2D eigenvalue weighted by molar-refractivity contribution is 7.99. The second kappa shape index (κ2) is 9.79. The number of amides is 1. The Bertz CT molecular complexity index is 1490. The minimum Gasteiger partial charge on any atom is -0.490 e. The first-order valence-corrected chi connectivity index (χ1v) is 12.1. The Kier molecular flexibility index (Phi) is 6.41. The molecule has 178 valence electrons. The highest BCUT2D eigenvalue weighted by Gasteiger charge is 2.17. The number of ether oxygens (including phenoxy) is 2. The summed E-state index contributed by atoms with van der Waals surface area (Å²) in [6.07, 6.45) is 0.790. The fourth-order valence-electron chi connectivity index (χ4n) is 3.73. The SMILES string of the molecule is Cc1ccc(-n2c(SCC(=O)Nc3ccc4c(c3)OCCCO4)nc3ccccc3c2=O)cc1F. The van der Waals surface area contributed by atoms with Crippen molar-refractivity contribution in [3.63, 3.8) is 0 Å². The molecule has 0 fully saturated rings. The van der Waals surface area contributed by atoms with Crippen LogP contribution in [-0.4, -0.2) is 34.4 Å². The fraction of sp³-hybridized carbons (Fsp3) is 0.192. The Morgan fingerprint density at radius 1 is 1.09 bits per heavy atom. The number of nitrogens with one attached hydrogen (secondary N) is 1. The average Bonchev–Trinajstić information content (AvgIpc) is 3.10. The number of rotatable bonds is 5. The van der Waals surface area contributed by atoms with E-state index in [1.807, 2.05) is 0 Å². The van der Waals surface area contributed by atoms with Crippen molar-refractivity contribution in [1.82, 2.24) is 9.55 Å². The Balaban J connectivity index is 1.41. The van der Waals surface area contributed by atoms with Crippen LogP contribution in [0, 0.1) is 12.7 Å². The van der Waals surface area contributed by atoms with Gasteiger partial charge in [-0.25, -0.2) is 9.37 Å². The maximum absolute atomic E-state index is 14.3. The molecule has 0 aliphatic carbocycles. The van der Waals surface area contributed by atoms with Gasteiger partial charge in [0.1, 0.15) is 5.82 Å². The van der Waals surface area contributed by atoms with Gasteiger partial charge in [0.2, 0.25) is 5.91 Å². The zero-order valence-electron chi connectivity index (χ0n) is 18.9. The fourth-order valence-corrected chi connectivity index (χ4v) is 4.54. The van der Waals surface area contributed by atoms with Crippen molar-refractivity contribution in [2.75, 3.05) is 24.3 Å². The van der Waals surface area contributed by atoms with Crippen molar-refractivity contribution < 1.29 is 18.7 Å². The molecule has 35 heavy (non-hydrogen) atoms. The summed E-state index contributed by atoms with van der Waals surface area (Å²) in [4.78, 5) is 30.6. The molecule has 0 saturated carbocycles. The standard InChI is InChI=1S/C26H22FN3O4S/c1-16-7-9-18(14-20(16)27)30-25(32)19-5-2-3-6-21(19)29-26(30)35-15-24(31)28-17-8-10-22-23(13-17)34-12-4-11-33-22/h2-3,5-10,13-14H,4,11-12,15H2,1H3,(H,28,31). The van der Waals surface area contributed by atoms with Crippen LogP contribution in [0.25, 0.3) is 16.6 Å². The molecule has 1 aliphatic heterocycles. The van der Waals surface area contributed by atoms with Gasteiger partial charge in [0.15, 0.2) is 16.7 Å². The average molecular weight is 492 g/mol. The van der Waals surface area contributed by atoms with E-state index >= 15 is 0 Å². The van der Waals surface area contributed by atoms with Crippen LogP contribution in [0.2, 0.25) is 0 Å². The van der Waals surface area contributed by atoms with Crippen LogP contribution in [0.4, 0.5) is 10.1 Å². The summed E-state index contributed by atoms with van der Waals surface area (Å²) in [6.45, 7) is 2.78. The number of aromatic nitrogens is 2. The van der Waals surface area contributed by atoms with E-state index in [1.54, 1.807) is 61.5 Å². The molecule has 1 aromatic heterocycles. The second-order valence-electron chi connectivity index (χ2n) is 8.03. The van der Waals surface area contributed by atoms with E-state index in [0.29, 0.717) is 57.7 Å². The lowest BCUT2D eigenvalue weighted by atomic mass is 10.2. The third kappa shape index (κ3) is 4.85. The number of thioether (sulfide) groups is 1. The predicted molar refractivity (Wildman–Crippen MR) is 133 cm³/mol. The van der Waals surface area contributed by atoms with Gasteiger partial charge in [0.25, 0.3) is 5.56 Å². The third-order valence-electron chi connectivity index (χ3n) is 5.52. The van der Waals surface area contributed by atoms with E-state index in [0.717, 1.165) is 18.2 Å². The molecule has 1 N–H and O–H groups in total. The molecular formula is C26H22FN3O4S. The van der Waals surface area contributed by atoms with Crippen LogP contribution in [0.3, 0.4) is 0 Å². The van der Waals surface area contributed by atoms with Gasteiger partial charge in [-0.3, -0.25) is 14.2 Å². The van der Waals surface area contributed by atoms with Crippen LogP contribution < -0.4 is 20.3 Å². The van der Waals surface area contributed by atoms with E-state index in [4.69, 9.17) is 9.47 Å². The zero-order valence-corrected chi connectivity index (χ0v) is 19.7. The summed E-state index contributed by atoms with van der Waals surface area (Å²) in [5.74, 6) is 0.510. The third-order valence-corrected chi connectivity index (χ3v) is 6.46. The van der Waals surface area contributed by atoms with Crippen molar-refractivity contribution in [2.45, 2.75) is 18.5 Å². The smallest absolute Gasteiger partial charge is 0.266 e. The lowest BCUT2D eigenvalue weighted by Gasteiger charge is -2.14. The normalized spacial score (nSPS) is 12.9. The summed E-state index contributed by atoms with van der Waals surface area (Å²) in [5.41, 5.74) is 1.57. The van der Waals surface area contributed by atoms with Gasteiger partial charge >= 0.3 is 0 Å². The molecule has 0 bridgehead atoms. The van der Waals surface area contributed by atoms with Gasteiger partial charge < -0.3 is 14.8 Å². The van der Waals surface area contributed by atoms with E-state index in [1.165, 1.54) is 10.6 Å². The van der Waals surface area contributed by atoms with Crippen LogP contribution in [0.15, 0.2) is 70.6 Å². The van der Waals surface area contributed by atoms with Crippen LogP contribution in [0.1, 0.15) is 12.0 Å². The Morgan fingerprint density at radius 3 is 2.71 bits per heavy atom. The van der Waals surface area contributed by atoms with Gasteiger partial charge in [-0.2, -0.15) is 0 Å². The van der Waals surface area contributed by atoms with E-state index in [-0.39, 0.29) is 17.2 Å². The van der Waals surface area contributed by atoms with Gasteiger partial charge in [0.05, 0.1) is 35.6 Å². The Labute approximate surface area is 204 Å². The lowest BCUT2D eigenvalue weighted by molar-refractivity contribution is -0.113. The number of hydrogen-bond donors (Lipinski definition) is 1. The van der Waals surface area contributed by atoms with Crippen molar-refractivity contribution in [1.29, 1.82) is 0 Å². The second-order valence-corrected chi connectivity index (χ2v) is 8.98. The largest absolute Gasteiger partial charge is 0.490 e. The first kappa shape index (κ1) is 22.9. The molecule has 3 aromatic carbocycles. The number of nitrogens with zero attached hydrogens (tertiary/aromatic N) is 2. The van der Waals surface area contributed by atoms with E-state index in [9.17, 15) is 14.0 Å². The number of halogens is 1. The highest BCUT2D eigenvalue weighted by atomic mass is 32.2. The molecule has 7 nitrogen and oxygen atoms in total. The number of carbonyl (C=O) groups is 1. The van der Waals surface area contributed by atoms with Crippen LogP contribution in [0.5, 0.6) is 11.5 Å². The molecule has 1 amide bonds. The molecular weight excluding hydrogens is 469 g/mol. The Morgan fingerprint density at radius 2 is 1.89 bits per heavy atom. The molecule has 0 radical (unpaired) electrons. The maximum atomic E-state index is 14.3. The minimum absolute atomic E-state index is 0.00638. The number of benzene rings is 3. The quantitative estimate of drug-likeness (QED) is 0.321. The lowest BCUT2D eigenvalue weighted by Crippen LogP contribution is -2.23. The minimum atomic E-state index is -0.425. The number of hydrogen-bond acceptors (Lipinski definition) is 6. The first-order valence-electron chi connectivity index (χ1n) is 11.1. The number of para-hydroxylation sites is 1. The van der Waals surface area contributed by atoms with Crippen LogP contribution in [-0.2, 0) is 4.79 Å². The molecule has 0 saturated heterocycles. The molecule has 9 heteroatoms. The number of fused-ring (bicyclic) bond motifs is 2. The van der Waals surface area contributed by atoms with Crippen molar-refractivity contribution >= 4 is 34.3 Å². The Hall–Kier alpha value is -3.85. The summed E-state index contributed by atoms with van der Waals surface area (Å²) in [5, 5.41) is 3.55. The molecule has 4 aromatic rings. The van der Waals surface area contributed by atoms with Gasteiger partial charge in [0, 0.05) is 18.2 Å². The molecule has 1 aliphatic rings. The summed E-state index contributed by atoms with van der Waals surface area (Å²) < 4.78 is 27.0. The van der Waals surface area contributed by atoms with Gasteiger partial charge in [-0.15, -0.1) is 0 Å². The summed E-state index contributed by atoms with van der Waals surface area (Å²) >= 11 is 1.10. The van der Waals surface area contributed by atoms with Crippen LogP contribution >= 0.6 is 11.8 Å². The molecule has 5 rings (SSSR count). The molecule has 0 spiro atoms. The predicted octanol–water partition coefficient (Wildman–Crippen LogP) is 4.73. The monoisotopic (exact) mass is 491 g/mol. The molecule has 0 unspecified atom stereocenters. The maximum Gasteiger partial charge on any atom is 0.266 e. The molecule has 2 heterocycles. The van der Waals surface area contributed by atoms with E-state index < -0.39 is 5.82 Å². The summed E-state index contributed by atoms with van der Waals surface area (Å²) in [6, 6.07) is 16.8. The number of aryl methyl sites for hydroxylation is 1. The molecule has 0 atom stereocenters. The number of anilines is 1. The first-order chi connectivity index (χ1) is 17.0. The van der Waals surface area contributed by atoms with Crippen molar-refractivity contribution in [3.8, 4) is 17.2 Å². The zero-order chi connectivity index (χ0) is 24.4. The highest BCUT2D eigenvalue weighted by Crippen LogP contribution is 2.32.